The molecule has 180 valence electrons. The number of hydrogen-bond acceptors (Lipinski definition) is 3. The van der Waals surface area contributed by atoms with Gasteiger partial charge in [0.15, 0.2) is 0 Å². The molecule has 0 bridgehead atoms. The molecule has 1 aromatic heterocycles. The van der Waals surface area contributed by atoms with Crippen LogP contribution < -0.4 is 5.32 Å². The summed E-state index contributed by atoms with van der Waals surface area (Å²) < 4.78 is 1.84. The van der Waals surface area contributed by atoms with Crippen LogP contribution in [-0.4, -0.2) is 32.8 Å². The van der Waals surface area contributed by atoms with Crippen molar-refractivity contribution in [1.82, 2.24) is 15.1 Å². The molecule has 1 aliphatic rings. The molecule has 1 saturated carbocycles. The van der Waals surface area contributed by atoms with Gasteiger partial charge in [0.2, 0.25) is 0 Å². The molecule has 0 spiro atoms. The van der Waals surface area contributed by atoms with Crippen LogP contribution in [0.2, 0.25) is 5.02 Å². The van der Waals surface area contributed by atoms with Crippen LogP contribution in [0.3, 0.4) is 0 Å². The van der Waals surface area contributed by atoms with E-state index in [0.29, 0.717) is 35.9 Å². The van der Waals surface area contributed by atoms with Crippen molar-refractivity contribution >= 4 is 34.4 Å². The minimum atomic E-state index is -0.710. The Balaban J connectivity index is 1.54. The first-order valence-electron chi connectivity index (χ1n) is 12.1. The molecule has 0 radical (unpaired) electrons. The number of aromatic nitrogens is 2. The third-order valence-corrected chi connectivity index (χ3v) is 7.20. The van der Waals surface area contributed by atoms with Gasteiger partial charge in [-0.3, -0.25) is 14.3 Å². The van der Waals surface area contributed by atoms with E-state index in [9.17, 15) is 14.7 Å². The summed E-state index contributed by atoms with van der Waals surface area (Å²) in [5.74, 6) is -0.648. The van der Waals surface area contributed by atoms with E-state index in [2.05, 4.69) is 48.5 Å². The first-order valence-corrected chi connectivity index (χ1v) is 12.5. The Morgan fingerprint density at radius 1 is 1.09 bits per heavy atom. The molecule has 0 saturated heterocycles. The number of carbonyl (C=O) groups is 2. The Morgan fingerprint density at radius 3 is 2.38 bits per heavy atom. The van der Waals surface area contributed by atoms with E-state index in [4.69, 9.17) is 11.6 Å². The Morgan fingerprint density at radius 2 is 1.76 bits per heavy atom. The maximum absolute atomic E-state index is 13.3. The van der Waals surface area contributed by atoms with Crippen LogP contribution in [0.1, 0.15) is 79.8 Å². The maximum atomic E-state index is 13.3. The van der Waals surface area contributed by atoms with Crippen LogP contribution >= 0.6 is 11.6 Å². The zero-order chi connectivity index (χ0) is 24.2. The normalized spacial score (nSPS) is 19.1. The number of carboxylic acids is 1. The van der Waals surface area contributed by atoms with Crippen molar-refractivity contribution in [1.29, 1.82) is 0 Å². The predicted octanol–water partition coefficient (Wildman–Crippen LogP) is 6.01. The molecule has 1 amide bonds. The van der Waals surface area contributed by atoms with Crippen molar-refractivity contribution in [2.24, 2.45) is 5.92 Å². The third-order valence-electron chi connectivity index (χ3n) is 6.87. The second-order valence-corrected chi connectivity index (χ2v) is 10.0. The number of carboxylic acid groups (broad SMARTS) is 1. The van der Waals surface area contributed by atoms with Gasteiger partial charge in [-0.15, -0.1) is 0 Å². The molecule has 4 rings (SSSR count). The molecule has 0 aliphatic heterocycles. The summed E-state index contributed by atoms with van der Waals surface area (Å²) >= 11 is 6.44. The number of halogens is 1. The summed E-state index contributed by atoms with van der Waals surface area (Å²) in [6.07, 6.45) is 6.20. The van der Waals surface area contributed by atoms with Crippen LogP contribution in [0.4, 0.5) is 0 Å². The Bertz CT molecular complexity index is 1160. The minimum absolute atomic E-state index is 0.0351. The van der Waals surface area contributed by atoms with Gasteiger partial charge in [-0.05, 0) is 54.9 Å². The highest BCUT2D eigenvalue weighted by Crippen LogP contribution is 2.28. The second-order valence-electron chi connectivity index (χ2n) is 9.62. The molecule has 7 heteroatoms. The summed E-state index contributed by atoms with van der Waals surface area (Å²) in [5.41, 5.74) is 3.68. The minimum Gasteiger partial charge on any atom is -0.481 e. The van der Waals surface area contributed by atoms with Gasteiger partial charge in [0.25, 0.3) is 5.91 Å². The summed E-state index contributed by atoms with van der Waals surface area (Å²) in [4.78, 5) is 24.7. The van der Waals surface area contributed by atoms with Gasteiger partial charge in [0.05, 0.1) is 34.8 Å². The fourth-order valence-electron chi connectivity index (χ4n) is 4.82. The highest BCUT2D eigenvalue weighted by Gasteiger charge is 2.24. The van der Waals surface area contributed by atoms with E-state index in [1.807, 2.05) is 4.68 Å². The quantitative estimate of drug-likeness (QED) is 0.451. The Labute approximate surface area is 205 Å². The van der Waals surface area contributed by atoms with Crippen LogP contribution in [0.5, 0.6) is 0 Å². The molecule has 34 heavy (non-hydrogen) atoms. The summed E-state index contributed by atoms with van der Waals surface area (Å²) in [7, 11) is 0. The SMILES string of the molecule is CC(C)c1ccc(Cn2ncc3c(Cl)ccc(C(=O)NC4CCCC(C(=O)O)CCC4)c32)cc1. The van der Waals surface area contributed by atoms with Gasteiger partial charge >= 0.3 is 5.97 Å². The number of amides is 1. The van der Waals surface area contributed by atoms with Gasteiger partial charge in [-0.2, -0.15) is 5.10 Å². The molecule has 3 aromatic rings. The zero-order valence-corrected chi connectivity index (χ0v) is 20.5. The number of aliphatic carboxylic acids is 1. The molecule has 1 fully saturated rings. The molecule has 6 nitrogen and oxygen atoms in total. The first-order chi connectivity index (χ1) is 16.3. The molecular weight excluding hydrogens is 450 g/mol. The lowest BCUT2D eigenvalue weighted by Gasteiger charge is -2.24. The lowest BCUT2D eigenvalue weighted by molar-refractivity contribution is -0.142. The van der Waals surface area contributed by atoms with Gasteiger partial charge in [0.1, 0.15) is 0 Å². The van der Waals surface area contributed by atoms with Gasteiger partial charge in [-0.1, -0.05) is 62.6 Å². The lowest BCUT2D eigenvalue weighted by Crippen LogP contribution is -2.36. The molecule has 1 aliphatic carbocycles. The fourth-order valence-corrected chi connectivity index (χ4v) is 5.02. The molecular formula is C27H32ClN3O3. The summed E-state index contributed by atoms with van der Waals surface area (Å²) in [6.45, 7) is 4.88. The van der Waals surface area contributed by atoms with E-state index in [1.54, 1.807) is 18.3 Å². The average Bonchev–Trinajstić information content (AvgIpc) is 3.20. The van der Waals surface area contributed by atoms with Crippen molar-refractivity contribution in [3.05, 3.63) is 64.3 Å². The van der Waals surface area contributed by atoms with Crippen LogP contribution in [0.25, 0.3) is 10.9 Å². The molecule has 2 N–H and O–H groups in total. The average molecular weight is 482 g/mol. The number of rotatable bonds is 6. The maximum Gasteiger partial charge on any atom is 0.306 e. The Kier molecular flexibility index (Phi) is 7.57. The third kappa shape index (κ3) is 5.44. The van der Waals surface area contributed by atoms with Gasteiger partial charge in [0, 0.05) is 11.4 Å². The van der Waals surface area contributed by atoms with Gasteiger partial charge < -0.3 is 10.4 Å². The number of fused-ring (bicyclic) bond motifs is 1. The summed E-state index contributed by atoms with van der Waals surface area (Å²) in [5, 5.41) is 18.4. The van der Waals surface area contributed by atoms with Gasteiger partial charge in [-0.25, -0.2) is 0 Å². The van der Waals surface area contributed by atoms with Crippen molar-refractivity contribution in [3.8, 4) is 0 Å². The molecule has 0 unspecified atom stereocenters. The number of benzene rings is 2. The molecule has 0 atom stereocenters. The predicted molar refractivity (Wildman–Crippen MR) is 134 cm³/mol. The molecule has 2 aromatic carbocycles. The number of carbonyl (C=O) groups excluding carboxylic acids is 1. The highest BCUT2D eigenvalue weighted by molar-refractivity contribution is 6.36. The van der Waals surface area contributed by atoms with Crippen LogP contribution in [0.15, 0.2) is 42.6 Å². The van der Waals surface area contributed by atoms with Crippen molar-refractivity contribution in [3.63, 3.8) is 0 Å². The van der Waals surface area contributed by atoms with Crippen LogP contribution in [-0.2, 0) is 11.3 Å². The lowest BCUT2D eigenvalue weighted by atomic mass is 9.89. The second kappa shape index (κ2) is 10.6. The van der Waals surface area contributed by atoms with Crippen molar-refractivity contribution in [2.75, 3.05) is 0 Å². The van der Waals surface area contributed by atoms with Crippen LogP contribution in [0, 0.1) is 5.92 Å². The van der Waals surface area contributed by atoms with Crippen molar-refractivity contribution in [2.45, 2.75) is 70.9 Å². The number of nitrogens with one attached hydrogen (secondary N) is 1. The standard InChI is InChI=1S/C27H32ClN3O3/c1-17(2)19-11-9-18(10-12-19)16-31-25-22(13-14-24(28)23(25)15-29-31)26(32)30-21-7-3-5-20(27(33)34)6-4-8-21/h9-15,17,20-21H,3-8,16H2,1-2H3,(H,30,32)(H,33,34). The summed E-state index contributed by atoms with van der Waals surface area (Å²) in [6, 6.07) is 12.0. The largest absolute Gasteiger partial charge is 0.481 e. The number of hydrogen-bond donors (Lipinski definition) is 2. The van der Waals surface area contributed by atoms with E-state index >= 15 is 0 Å². The fraction of sp³-hybridized carbons (Fsp3) is 0.444. The zero-order valence-electron chi connectivity index (χ0n) is 19.8. The number of nitrogens with zero attached hydrogens (tertiary/aromatic N) is 2. The Hall–Kier alpha value is -2.86. The van der Waals surface area contributed by atoms with Crippen molar-refractivity contribution < 1.29 is 14.7 Å². The van der Waals surface area contributed by atoms with E-state index in [1.165, 1.54) is 5.56 Å². The van der Waals surface area contributed by atoms with E-state index in [0.717, 1.165) is 42.1 Å². The smallest absolute Gasteiger partial charge is 0.306 e. The van der Waals surface area contributed by atoms with E-state index < -0.39 is 5.97 Å². The molecule has 1 heterocycles. The highest BCUT2D eigenvalue weighted by atomic mass is 35.5. The topological polar surface area (TPSA) is 84.2 Å². The van der Waals surface area contributed by atoms with E-state index in [-0.39, 0.29) is 17.9 Å². The monoisotopic (exact) mass is 481 g/mol. The first kappa shape index (κ1) is 24.3.